The molecule has 2 nitrogen and oxygen atoms in total. The van der Waals surface area contributed by atoms with Crippen molar-refractivity contribution >= 4 is 0 Å². The summed E-state index contributed by atoms with van der Waals surface area (Å²) in [4.78, 5) is 2.57. The first kappa shape index (κ1) is 16.0. The summed E-state index contributed by atoms with van der Waals surface area (Å²) in [6, 6.07) is 0.577. The zero-order valence-corrected chi connectivity index (χ0v) is 13.1. The lowest BCUT2D eigenvalue weighted by atomic mass is 9.70. The second-order valence-electron chi connectivity index (χ2n) is 7.28. The van der Waals surface area contributed by atoms with Crippen molar-refractivity contribution in [3.05, 3.63) is 0 Å². The lowest BCUT2D eigenvalue weighted by Crippen LogP contribution is -2.46. The zero-order chi connectivity index (χ0) is 13.8. The molecule has 0 radical (unpaired) electrons. The van der Waals surface area contributed by atoms with Crippen molar-refractivity contribution in [3.8, 4) is 0 Å². The maximum atomic E-state index is 9.90. The van der Waals surface area contributed by atoms with Crippen molar-refractivity contribution in [1.29, 1.82) is 0 Å². The topological polar surface area (TPSA) is 23.5 Å². The van der Waals surface area contributed by atoms with E-state index in [1.54, 1.807) is 0 Å². The summed E-state index contributed by atoms with van der Waals surface area (Å²) in [5.74, 6) is 1.48. The molecule has 2 heteroatoms. The van der Waals surface area contributed by atoms with E-state index in [0.717, 1.165) is 19.0 Å². The van der Waals surface area contributed by atoms with E-state index in [0.29, 0.717) is 18.6 Å². The molecule has 2 unspecified atom stereocenters. The molecule has 0 aromatic carbocycles. The SMILES string of the molecule is CC(C)CN(CC1(CO)CCCC(C)C1)C(C)C. The lowest BCUT2D eigenvalue weighted by Gasteiger charge is -2.43. The summed E-state index contributed by atoms with van der Waals surface area (Å²) in [5, 5.41) is 9.90. The molecule has 1 N–H and O–H groups in total. The molecule has 2 atom stereocenters. The van der Waals surface area contributed by atoms with Crippen LogP contribution in [0.15, 0.2) is 0 Å². The largest absolute Gasteiger partial charge is 0.396 e. The molecule has 0 heterocycles. The predicted octanol–water partition coefficient (Wildman–Crippen LogP) is 3.54. The molecule has 108 valence electrons. The Morgan fingerprint density at radius 1 is 1.28 bits per heavy atom. The molecule has 1 saturated carbocycles. The third kappa shape index (κ3) is 4.55. The van der Waals surface area contributed by atoms with Crippen LogP contribution in [-0.2, 0) is 0 Å². The molecular weight excluding hydrogens is 222 g/mol. The number of rotatable bonds is 6. The third-order valence-corrected chi connectivity index (χ3v) is 4.39. The van der Waals surface area contributed by atoms with Crippen molar-refractivity contribution < 1.29 is 5.11 Å². The van der Waals surface area contributed by atoms with Crippen molar-refractivity contribution in [2.45, 2.75) is 66.3 Å². The Morgan fingerprint density at radius 2 is 1.94 bits per heavy atom. The molecule has 1 fully saturated rings. The van der Waals surface area contributed by atoms with Crippen molar-refractivity contribution in [1.82, 2.24) is 4.90 Å². The zero-order valence-electron chi connectivity index (χ0n) is 13.1. The summed E-state index contributed by atoms with van der Waals surface area (Å²) in [7, 11) is 0. The van der Waals surface area contributed by atoms with Gasteiger partial charge in [-0.3, -0.25) is 0 Å². The highest BCUT2D eigenvalue weighted by Crippen LogP contribution is 2.40. The smallest absolute Gasteiger partial charge is 0.0499 e. The van der Waals surface area contributed by atoms with Crippen molar-refractivity contribution in [2.75, 3.05) is 19.7 Å². The molecule has 0 bridgehead atoms. The van der Waals surface area contributed by atoms with Crippen LogP contribution in [0.4, 0.5) is 0 Å². The summed E-state index contributed by atoms with van der Waals surface area (Å²) < 4.78 is 0. The van der Waals surface area contributed by atoms with Gasteiger partial charge in [0.05, 0.1) is 0 Å². The van der Waals surface area contributed by atoms with Gasteiger partial charge in [0.2, 0.25) is 0 Å². The van der Waals surface area contributed by atoms with E-state index in [4.69, 9.17) is 0 Å². The Balaban J connectivity index is 2.68. The molecule has 18 heavy (non-hydrogen) atoms. The van der Waals surface area contributed by atoms with Gasteiger partial charge in [0.1, 0.15) is 0 Å². The standard InChI is InChI=1S/C16H33NO/c1-13(2)10-17(14(3)4)11-16(12-18)8-6-7-15(5)9-16/h13-15,18H,6-12H2,1-5H3. The fraction of sp³-hybridized carbons (Fsp3) is 1.00. The Kier molecular flexibility index (Phi) is 6.13. The summed E-state index contributed by atoms with van der Waals surface area (Å²) in [6.07, 6.45) is 5.03. The van der Waals surface area contributed by atoms with Gasteiger partial charge in [-0.25, -0.2) is 0 Å². The van der Waals surface area contributed by atoms with E-state index in [1.807, 2.05) is 0 Å². The van der Waals surface area contributed by atoms with Gasteiger partial charge in [-0.2, -0.15) is 0 Å². The van der Waals surface area contributed by atoms with Crippen LogP contribution in [0.2, 0.25) is 0 Å². The van der Waals surface area contributed by atoms with Crippen LogP contribution in [0.3, 0.4) is 0 Å². The molecule has 0 aromatic rings. The molecule has 1 aliphatic carbocycles. The molecule has 0 saturated heterocycles. The van der Waals surface area contributed by atoms with Gasteiger partial charge in [0.15, 0.2) is 0 Å². The monoisotopic (exact) mass is 255 g/mol. The molecule has 0 amide bonds. The Labute approximate surface area is 114 Å². The van der Waals surface area contributed by atoms with Crippen LogP contribution in [0.25, 0.3) is 0 Å². The van der Waals surface area contributed by atoms with E-state index >= 15 is 0 Å². The highest BCUT2D eigenvalue weighted by molar-refractivity contribution is 4.88. The normalized spacial score (nSPS) is 29.5. The quantitative estimate of drug-likeness (QED) is 0.784. The van der Waals surface area contributed by atoms with Gasteiger partial charge in [-0.1, -0.05) is 33.6 Å². The van der Waals surface area contributed by atoms with Crippen LogP contribution in [0.5, 0.6) is 0 Å². The number of hydrogen-bond acceptors (Lipinski definition) is 2. The predicted molar refractivity (Wildman–Crippen MR) is 78.7 cm³/mol. The fourth-order valence-corrected chi connectivity index (χ4v) is 3.46. The van der Waals surface area contributed by atoms with Gasteiger partial charge in [0.25, 0.3) is 0 Å². The van der Waals surface area contributed by atoms with E-state index in [1.165, 1.54) is 25.7 Å². The number of hydrogen-bond donors (Lipinski definition) is 1. The molecular formula is C16H33NO. The number of aliphatic hydroxyl groups excluding tert-OH is 1. The van der Waals surface area contributed by atoms with E-state index < -0.39 is 0 Å². The maximum Gasteiger partial charge on any atom is 0.0499 e. The van der Waals surface area contributed by atoms with E-state index in [2.05, 4.69) is 39.5 Å². The first-order chi connectivity index (χ1) is 8.38. The number of aliphatic hydroxyl groups is 1. The molecule has 0 aromatic heterocycles. The van der Waals surface area contributed by atoms with Crippen LogP contribution < -0.4 is 0 Å². The summed E-state index contributed by atoms with van der Waals surface area (Å²) >= 11 is 0. The minimum atomic E-state index is 0.164. The van der Waals surface area contributed by atoms with Gasteiger partial charge in [-0.05, 0) is 38.5 Å². The van der Waals surface area contributed by atoms with Gasteiger partial charge >= 0.3 is 0 Å². The fourth-order valence-electron chi connectivity index (χ4n) is 3.46. The van der Waals surface area contributed by atoms with Crippen LogP contribution >= 0.6 is 0 Å². The minimum Gasteiger partial charge on any atom is -0.396 e. The maximum absolute atomic E-state index is 9.90. The lowest BCUT2D eigenvalue weighted by molar-refractivity contribution is 0.0113. The minimum absolute atomic E-state index is 0.164. The Hall–Kier alpha value is -0.0800. The van der Waals surface area contributed by atoms with Gasteiger partial charge < -0.3 is 10.0 Å². The molecule has 1 aliphatic rings. The third-order valence-electron chi connectivity index (χ3n) is 4.39. The second kappa shape index (κ2) is 6.91. The number of nitrogens with zero attached hydrogens (tertiary/aromatic N) is 1. The highest BCUT2D eigenvalue weighted by Gasteiger charge is 2.36. The van der Waals surface area contributed by atoms with Crippen molar-refractivity contribution in [2.24, 2.45) is 17.3 Å². The molecule has 0 aliphatic heterocycles. The Morgan fingerprint density at radius 3 is 2.39 bits per heavy atom. The first-order valence-corrected chi connectivity index (χ1v) is 7.73. The highest BCUT2D eigenvalue weighted by atomic mass is 16.3. The van der Waals surface area contributed by atoms with Crippen molar-refractivity contribution in [3.63, 3.8) is 0 Å². The van der Waals surface area contributed by atoms with E-state index in [9.17, 15) is 5.11 Å². The summed E-state index contributed by atoms with van der Waals surface area (Å²) in [6.45, 7) is 14.0. The van der Waals surface area contributed by atoms with Gasteiger partial charge in [0, 0.05) is 31.2 Å². The molecule has 1 rings (SSSR count). The van der Waals surface area contributed by atoms with E-state index in [-0.39, 0.29) is 5.41 Å². The van der Waals surface area contributed by atoms with Crippen LogP contribution in [0.1, 0.15) is 60.3 Å². The van der Waals surface area contributed by atoms with Crippen LogP contribution in [-0.4, -0.2) is 35.7 Å². The molecule has 0 spiro atoms. The average molecular weight is 255 g/mol. The summed E-state index contributed by atoms with van der Waals surface area (Å²) in [5.41, 5.74) is 0.164. The van der Waals surface area contributed by atoms with Gasteiger partial charge in [-0.15, -0.1) is 0 Å². The average Bonchev–Trinajstić information content (AvgIpc) is 2.27. The Bertz CT molecular complexity index is 239. The van der Waals surface area contributed by atoms with Crippen LogP contribution in [0, 0.1) is 17.3 Å². The first-order valence-electron chi connectivity index (χ1n) is 7.73. The second-order valence-corrected chi connectivity index (χ2v) is 7.28.